The largest absolute Gasteiger partial charge is 0.370 e. The van der Waals surface area contributed by atoms with Gasteiger partial charge in [-0.1, -0.05) is 11.6 Å². The zero-order valence-corrected chi connectivity index (χ0v) is 13.7. The van der Waals surface area contributed by atoms with E-state index in [4.69, 9.17) is 16.7 Å². The standard InChI is InChI=1S/C13H18ClN3O4S/c1-9-5-13(11(14)6-12(9)17(18)19)16-4-2-3-10(7-16)8-22(15,20)21/h5-6,10H,2-4,7-8H2,1H3,(H2,15,20,21)/t10-/m0/s1. The normalized spacial score (nSPS) is 19.2. The van der Waals surface area contributed by atoms with Gasteiger partial charge in [0.15, 0.2) is 0 Å². The minimum atomic E-state index is -3.51. The molecule has 1 heterocycles. The Kier molecular flexibility index (Phi) is 4.93. The van der Waals surface area contributed by atoms with Gasteiger partial charge in [0.25, 0.3) is 5.69 Å². The van der Waals surface area contributed by atoms with Gasteiger partial charge >= 0.3 is 0 Å². The van der Waals surface area contributed by atoms with Crippen LogP contribution in [0, 0.1) is 23.0 Å². The van der Waals surface area contributed by atoms with Crippen LogP contribution in [0.1, 0.15) is 18.4 Å². The van der Waals surface area contributed by atoms with Gasteiger partial charge in [0.2, 0.25) is 10.0 Å². The van der Waals surface area contributed by atoms with Crippen LogP contribution in [0.2, 0.25) is 5.02 Å². The molecule has 0 aromatic heterocycles. The summed E-state index contributed by atoms with van der Waals surface area (Å²) in [6.45, 7) is 2.91. The minimum Gasteiger partial charge on any atom is -0.370 e. The maximum Gasteiger partial charge on any atom is 0.273 e. The number of nitrogens with two attached hydrogens (primary N) is 1. The number of primary sulfonamides is 1. The van der Waals surface area contributed by atoms with E-state index >= 15 is 0 Å². The van der Waals surface area contributed by atoms with Crippen LogP contribution in [0.5, 0.6) is 0 Å². The quantitative estimate of drug-likeness (QED) is 0.662. The molecule has 2 rings (SSSR count). The fourth-order valence-corrected chi connectivity index (χ4v) is 4.05. The molecule has 1 atom stereocenters. The van der Waals surface area contributed by atoms with E-state index < -0.39 is 14.9 Å². The molecule has 0 amide bonds. The first-order valence-electron chi connectivity index (χ1n) is 6.87. The number of piperidine rings is 1. The van der Waals surface area contributed by atoms with Crippen molar-refractivity contribution in [1.82, 2.24) is 0 Å². The Morgan fingerprint density at radius 2 is 2.18 bits per heavy atom. The topological polar surface area (TPSA) is 107 Å². The molecule has 122 valence electrons. The second-order valence-corrected chi connectivity index (χ2v) is 7.70. The Labute approximate surface area is 134 Å². The monoisotopic (exact) mass is 347 g/mol. The minimum absolute atomic E-state index is 0.0214. The second kappa shape index (κ2) is 6.39. The van der Waals surface area contributed by atoms with Crippen molar-refractivity contribution < 1.29 is 13.3 Å². The third-order valence-electron chi connectivity index (χ3n) is 3.79. The first kappa shape index (κ1) is 17.0. The van der Waals surface area contributed by atoms with E-state index in [0.717, 1.165) is 19.4 Å². The van der Waals surface area contributed by atoms with Gasteiger partial charge in [0.1, 0.15) is 0 Å². The lowest BCUT2D eigenvalue weighted by atomic mass is 9.99. The highest BCUT2D eigenvalue weighted by molar-refractivity contribution is 7.89. The number of sulfonamides is 1. The van der Waals surface area contributed by atoms with Crippen LogP contribution >= 0.6 is 11.6 Å². The zero-order valence-electron chi connectivity index (χ0n) is 12.2. The third-order valence-corrected chi connectivity index (χ3v) is 5.03. The van der Waals surface area contributed by atoms with Crippen molar-refractivity contribution in [3.8, 4) is 0 Å². The zero-order chi connectivity index (χ0) is 16.5. The number of hydrogen-bond donors (Lipinski definition) is 1. The van der Waals surface area contributed by atoms with E-state index in [0.29, 0.717) is 22.8 Å². The molecule has 1 fully saturated rings. The second-order valence-electron chi connectivity index (χ2n) is 5.63. The molecule has 0 bridgehead atoms. The fourth-order valence-electron chi connectivity index (χ4n) is 2.84. The summed E-state index contributed by atoms with van der Waals surface area (Å²) in [5.41, 5.74) is 1.20. The molecule has 0 saturated carbocycles. The average molecular weight is 348 g/mol. The molecule has 1 aliphatic rings. The molecule has 9 heteroatoms. The molecule has 1 saturated heterocycles. The molecule has 1 aromatic carbocycles. The van der Waals surface area contributed by atoms with Crippen LogP contribution in [0.3, 0.4) is 0 Å². The van der Waals surface area contributed by atoms with Crippen molar-refractivity contribution >= 4 is 33.0 Å². The molecule has 7 nitrogen and oxygen atoms in total. The molecule has 0 unspecified atom stereocenters. The van der Waals surface area contributed by atoms with Gasteiger partial charge in [-0.2, -0.15) is 0 Å². The van der Waals surface area contributed by atoms with Gasteiger partial charge in [0.05, 0.1) is 21.4 Å². The van der Waals surface area contributed by atoms with E-state index in [2.05, 4.69) is 0 Å². The van der Waals surface area contributed by atoms with E-state index in [-0.39, 0.29) is 17.4 Å². The molecule has 0 radical (unpaired) electrons. The Bertz CT molecular complexity index is 693. The summed E-state index contributed by atoms with van der Waals surface area (Å²) in [6, 6.07) is 3.02. The number of nitro benzene ring substituents is 1. The number of hydrogen-bond acceptors (Lipinski definition) is 5. The number of aryl methyl sites for hydroxylation is 1. The Morgan fingerprint density at radius 1 is 1.50 bits per heavy atom. The number of benzene rings is 1. The van der Waals surface area contributed by atoms with Gasteiger partial charge in [-0.25, -0.2) is 13.6 Å². The van der Waals surface area contributed by atoms with Gasteiger partial charge in [-0.3, -0.25) is 10.1 Å². The van der Waals surface area contributed by atoms with Crippen LogP contribution < -0.4 is 10.0 Å². The van der Waals surface area contributed by atoms with Gasteiger partial charge < -0.3 is 4.90 Å². The highest BCUT2D eigenvalue weighted by Crippen LogP contribution is 2.35. The Morgan fingerprint density at radius 3 is 2.77 bits per heavy atom. The molecular formula is C13H18ClN3O4S. The van der Waals surface area contributed by atoms with Gasteiger partial charge in [0, 0.05) is 24.7 Å². The molecule has 0 spiro atoms. The number of anilines is 1. The molecule has 22 heavy (non-hydrogen) atoms. The lowest BCUT2D eigenvalue weighted by molar-refractivity contribution is -0.385. The van der Waals surface area contributed by atoms with E-state index in [1.54, 1.807) is 13.0 Å². The van der Waals surface area contributed by atoms with Crippen molar-refractivity contribution in [3.05, 3.63) is 32.8 Å². The number of nitrogens with zero attached hydrogens (tertiary/aromatic N) is 2. The van der Waals surface area contributed by atoms with E-state index in [9.17, 15) is 18.5 Å². The summed E-state index contributed by atoms with van der Waals surface area (Å²) in [7, 11) is -3.51. The first-order valence-corrected chi connectivity index (χ1v) is 8.96. The summed E-state index contributed by atoms with van der Waals surface area (Å²) >= 11 is 6.17. The van der Waals surface area contributed by atoms with Crippen molar-refractivity contribution in [2.75, 3.05) is 23.7 Å². The maximum atomic E-state index is 11.2. The van der Waals surface area contributed by atoms with Crippen molar-refractivity contribution in [2.24, 2.45) is 11.1 Å². The summed E-state index contributed by atoms with van der Waals surface area (Å²) in [5.74, 6) is -0.122. The Balaban J connectivity index is 2.24. The highest BCUT2D eigenvalue weighted by Gasteiger charge is 2.26. The van der Waals surface area contributed by atoms with Crippen LogP contribution in [0.4, 0.5) is 11.4 Å². The summed E-state index contributed by atoms with van der Waals surface area (Å²) in [6.07, 6.45) is 1.61. The number of nitro groups is 1. The fraction of sp³-hybridized carbons (Fsp3) is 0.538. The molecule has 1 aromatic rings. The third kappa shape index (κ3) is 4.08. The SMILES string of the molecule is Cc1cc(N2CCC[C@H](CS(N)(=O)=O)C2)c(Cl)cc1[N+](=O)[O-]. The van der Waals surface area contributed by atoms with Gasteiger partial charge in [-0.05, 0) is 31.7 Å². The van der Waals surface area contributed by atoms with Crippen LogP contribution in [0.15, 0.2) is 12.1 Å². The number of rotatable bonds is 4. The molecule has 1 aliphatic heterocycles. The lowest BCUT2D eigenvalue weighted by Crippen LogP contribution is -2.39. The van der Waals surface area contributed by atoms with E-state index in [1.165, 1.54) is 6.07 Å². The van der Waals surface area contributed by atoms with Gasteiger partial charge in [-0.15, -0.1) is 0 Å². The predicted octanol–water partition coefficient (Wildman–Crippen LogP) is 2.06. The van der Waals surface area contributed by atoms with Crippen molar-refractivity contribution in [2.45, 2.75) is 19.8 Å². The maximum absolute atomic E-state index is 11.2. The smallest absolute Gasteiger partial charge is 0.273 e. The highest BCUT2D eigenvalue weighted by atomic mass is 35.5. The first-order chi connectivity index (χ1) is 10.2. The van der Waals surface area contributed by atoms with Crippen molar-refractivity contribution in [1.29, 1.82) is 0 Å². The van der Waals surface area contributed by atoms with E-state index in [1.807, 2.05) is 4.90 Å². The van der Waals surface area contributed by atoms with Crippen molar-refractivity contribution in [3.63, 3.8) is 0 Å². The molecule has 2 N–H and O–H groups in total. The van der Waals surface area contributed by atoms with Crippen LogP contribution in [-0.4, -0.2) is 32.2 Å². The number of halogens is 1. The van der Waals surface area contributed by atoms with Crippen LogP contribution in [0.25, 0.3) is 0 Å². The van der Waals surface area contributed by atoms with Crippen LogP contribution in [-0.2, 0) is 10.0 Å². The lowest BCUT2D eigenvalue weighted by Gasteiger charge is -2.34. The summed E-state index contributed by atoms with van der Waals surface area (Å²) in [5, 5.41) is 16.3. The molecule has 0 aliphatic carbocycles. The summed E-state index contributed by atoms with van der Waals surface area (Å²) in [4.78, 5) is 12.4. The predicted molar refractivity (Wildman–Crippen MR) is 85.8 cm³/mol. The Hall–Kier alpha value is -1.38. The average Bonchev–Trinajstić information content (AvgIpc) is 2.39. The molecular weight excluding hydrogens is 330 g/mol. The summed E-state index contributed by atoms with van der Waals surface area (Å²) < 4.78 is 22.5.